The third-order valence-corrected chi connectivity index (χ3v) is 4.30. The van der Waals surface area contributed by atoms with Crippen LogP contribution in [0, 0.1) is 0 Å². The largest absolute Gasteiger partial charge is 0.417 e. The molecule has 18 heavy (non-hydrogen) atoms. The summed E-state index contributed by atoms with van der Waals surface area (Å²) in [6.45, 7) is 0. The van der Waals surface area contributed by atoms with Gasteiger partial charge >= 0.3 is 6.18 Å². The smallest absolute Gasteiger partial charge is 0.208 e. The van der Waals surface area contributed by atoms with Crippen LogP contribution in [0.2, 0.25) is 5.02 Å². The monoisotopic (exact) mass is 299 g/mol. The molecular weight excluding hydrogens is 291 g/mol. The van der Waals surface area contributed by atoms with Crippen LogP contribution in [0.15, 0.2) is 23.1 Å². The molecule has 1 fully saturated rings. The molecule has 1 saturated carbocycles. The van der Waals surface area contributed by atoms with Gasteiger partial charge in [-0.25, -0.2) is 13.1 Å². The first kappa shape index (κ1) is 13.6. The van der Waals surface area contributed by atoms with Gasteiger partial charge in [0.1, 0.15) is 0 Å². The Bertz CT molecular complexity index is 567. The minimum absolute atomic E-state index is 0.167. The second kappa shape index (κ2) is 4.40. The van der Waals surface area contributed by atoms with Crippen molar-refractivity contribution in [1.29, 1.82) is 0 Å². The Balaban J connectivity index is 2.40. The summed E-state index contributed by atoms with van der Waals surface area (Å²) in [6.07, 6.45) is -3.26. The molecule has 1 N–H and O–H groups in total. The summed E-state index contributed by atoms with van der Waals surface area (Å²) in [5, 5.41) is -0.520. The van der Waals surface area contributed by atoms with Gasteiger partial charge in [-0.1, -0.05) is 11.6 Å². The number of nitrogens with one attached hydrogen (secondary N) is 1. The molecule has 8 heteroatoms. The van der Waals surface area contributed by atoms with Gasteiger partial charge in [-0.15, -0.1) is 0 Å². The minimum atomic E-state index is -4.68. The highest BCUT2D eigenvalue weighted by atomic mass is 35.5. The molecule has 0 radical (unpaired) electrons. The molecule has 0 amide bonds. The van der Waals surface area contributed by atoms with Gasteiger partial charge in [0, 0.05) is 6.04 Å². The standard InChI is InChI=1S/C10H9ClF3NO2S/c11-9-4-3-7(5-8(9)10(12,13)14)18(16,17)15-6-1-2-6/h3-6,15H,1-2H2. The van der Waals surface area contributed by atoms with Gasteiger partial charge < -0.3 is 0 Å². The predicted octanol–water partition coefficient (Wildman–Crippen LogP) is 2.80. The summed E-state index contributed by atoms with van der Waals surface area (Å²) in [7, 11) is -3.91. The number of alkyl halides is 3. The van der Waals surface area contributed by atoms with Crippen molar-refractivity contribution in [2.75, 3.05) is 0 Å². The summed E-state index contributed by atoms with van der Waals surface area (Å²) in [6, 6.07) is 2.38. The lowest BCUT2D eigenvalue weighted by Gasteiger charge is -2.11. The van der Waals surface area contributed by atoms with Crippen LogP contribution in [0.4, 0.5) is 13.2 Å². The highest BCUT2D eigenvalue weighted by molar-refractivity contribution is 7.89. The molecule has 0 spiro atoms. The first-order valence-electron chi connectivity index (χ1n) is 5.09. The average Bonchev–Trinajstić information content (AvgIpc) is 2.99. The molecule has 0 unspecified atom stereocenters. The summed E-state index contributed by atoms with van der Waals surface area (Å²) in [5.74, 6) is 0. The van der Waals surface area contributed by atoms with Gasteiger partial charge in [0.05, 0.1) is 15.5 Å². The topological polar surface area (TPSA) is 46.2 Å². The normalized spacial score (nSPS) is 16.9. The van der Waals surface area contributed by atoms with Crippen LogP contribution in [0.5, 0.6) is 0 Å². The first-order chi connectivity index (χ1) is 8.20. The number of benzene rings is 1. The second-order valence-corrected chi connectivity index (χ2v) is 6.16. The molecule has 0 atom stereocenters. The average molecular weight is 300 g/mol. The first-order valence-corrected chi connectivity index (χ1v) is 6.95. The van der Waals surface area contributed by atoms with E-state index in [1.54, 1.807) is 0 Å². The third kappa shape index (κ3) is 2.96. The summed E-state index contributed by atoms with van der Waals surface area (Å²) < 4.78 is 63.6. The Labute approximate surface area is 107 Å². The van der Waals surface area contributed by atoms with Crippen molar-refractivity contribution in [3.63, 3.8) is 0 Å². The zero-order valence-electron chi connectivity index (χ0n) is 8.96. The van der Waals surface area contributed by atoms with E-state index in [4.69, 9.17) is 11.6 Å². The van der Waals surface area contributed by atoms with E-state index in [2.05, 4.69) is 4.72 Å². The van der Waals surface area contributed by atoms with Crippen molar-refractivity contribution >= 4 is 21.6 Å². The molecule has 1 aliphatic rings. The van der Waals surface area contributed by atoms with E-state index in [1.165, 1.54) is 0 Å². The van der Waals surface area contributed by atoms with E-state index < -0.39 is 31.7 Å². The molecule has 1 aliphatic carbocycles. The van der Waals surface area contributed by atoms with Crippen molar-refractivity contribution in [1.82, 2.24) is 4.72 Å². The lowest BCUT2D eigenvalue weighted by molar-refractivity contribution is -0.137. The highest BCUT2D eigenvalue weighted by Gasteiger charge is 2.35. The molecule has 2 rings (SSSR count). The van der Waals surface area contributed by atoms with Gasteiger partial charge in [0.2, 0.25) is 10.0 Å². The van der Waals surface area contributed by atoms with Crippen LogP contribution in [0.25, 0.3) is 0 Å². The molecular formula is C10H9ClF3NO2S. The van der Waals surface area contributed by atoms with Gasteiger partial charge in [-0.2, -0.15) is 13.2 Å². The molecule has 0 aliphatic heterocycles. The maximum Gasteiger partial charge on any atom is 0.417 e. The van der Waals surface area contributed by atoms with Gasteiger partial charge in [-0.3, -0.25) is 0 Å². The third-order valence-electron chi connectivity index (χ3n) is 2.45. The van der Waals surface area contributed by atoms with E-state index in [0.29, 0.717) is 18.9 Å². The van der Waals surface area contributed by atoms with Gasteiger partial charge in [0.25, 0.3) is 0 Å². The molecule has 3 nitrogen and oxygen atoms in total. The zero-order chi connectivity index (χ0) is 13.6. The Morgan fingerprint density at radius 3 is 2.39 bits per heavy atom. The molecule has 1 aromatic rings. The van der Waals surface area contributed by atoms with Gasteiger partial charge in [0.15, 0.2) is 0 Å². The molecule has 0 heterocycles. The minimum Gasteiger partial charge on any atom is -0.208 e. The van der Waals surface area contributed by atoms with Crippen LogP contribution >= 0.6 is 11.6 Å². The van der Waals surface area contributed by atoms with Crippen LogP contribution in [0.3, 0.4) is 0 Å². The van der Waals surface area contributed by atoms with E-state index in [0.717, 1.165) is 12.1 Å². The quantitative estimate of drug-likeness (QED) is 0.933. The fourth-order valence-electron chi connectivity index (χ4n) is 1.38. The van der Waals surface area contributed by atoms with Crippen molar-refractivity contribution in [2.24, 2.45) is 0 Å². The van der Waals surface area contributed by atoms with Crippen LogP contribution in [-0.4, -0.2) is 14.5 Å². The number of hydrogen-bond acceptors (Lipinski definition) is 2. The molecule has 0 aromatic heterocycles. The second-order valence-electron chi connectivity index (χ2n) is 4.03. The summed E-state index contributed by atoms with van der Waals surface area (Å²) >= 11 is 5.41. The predicted molar refractivity (Wildman–Crippen MR) is 59.8 cm³/mol. The van der Waals surface area contributed by atoms with Crippen LogP contribution in [-0.2, 0) is 16.2 Å². The van der Waals surface area contributed by atoms with Gasteiger partial charge in [-0.05, 0) is 31.0 Å². The van der Waals surface area contributed by atoms with Crippen LogP contribution < -0.4 is 4.72 Å². The maximum atomic E-state index is 12.6. The highest BCUT2D eigenvalue weighted by Crippen LogP contribution is 2.36. The lowest BCUT2D eigenvalue weighted by Crippen LogP contribution is -2.26. The SMILES string of the molecule is O=S(=O)(NC1CC1)c1ccc(Cl)c(C(F)(F)F)c1. The van der Waals surface area contributed by atoms with E-state index >= 15 is 0 Å². The summed E-state index contributed by atoms with van der Waals surface area (Å²) in [4.78, 5) is -0.425. The van der Waals surface area contributed by atoms with Crippen molar-refractivity contribution in [3.05, 3.63) is 28.8 Å². The molecule has 100 valence electrons. The van der Waals surface area contributed by atoms with E-state index in [9.17, 15) is 21.6 Å². The Hall–Kier alpha value is -0.790. The summed E-state index contributed by atoms with van der Waals surface area (Å²) in [5.41, 5.74) is -1.15. The van der Waals surface area contributed by atoms with Crippen molar-refractivity contribution in [2.45, 2.75) is 30.0 Å². The number of rotatable bonds is 3. The molecule has 0 saturated heterocycles. The fourth-order valence-corrected chi connectivity index (χ4v) is 2.93. The number of sulfonamides is 1. The number of halogens is 4. The van der Waals surface area contributed by atoms with E-state index in [1.807, 2.05) is 0 Å². The number of hydrogen-bond donors (Lipinski definition) is 1. The van der Waals surface area contributed by atoms with Crippen LogP contribution in [0.1, 0.15) is 18.4 Å². The van der Waals surface area contributed by atoms with Crippen molar-refractivity contribution < 1.29 is 21.6 Å². The Morgan fingerprint density at radius 2 is 1.89 bits per heavy atom. The maximum absolute atomic E-state index is 12.6. The molecule has 0 bridgehead atoms. The lowest BCUT2D eigenvalue weighted by atomic mass is 10.2. The fraction of sp³-hybridized carbons (Fsp3) is 0.400. The Morgan fingerprint density at radius 1 is 1.28 bits per heavy atom. The van der Waals surface area contributed by atoms with E-state index in [-0.39, 0.29) is 6.04 Å². The Kier molecular flexibility index (Phi) is 3.33. The van der Waals surface area contributed by atoms with Crippen molar-refractivity contribution in [3.8, 4) is 0 Å². The molecule has 1 aromatic carbocycles. The zero-order valence-corrected chi connectivity index (χ0v) is 10.5.